The van der Waals surface area contributed by atoms with E-state index < -0.39 is 0 Å². The number of benzene rings is 1. The Balaban J connectivity index is 2.10. The molecule has 5 heteroatoms. The van der Waals surface area contributed by atoms with Crippen LogP contribution < -0.4 is 5.73 Å². The Labute approximate surface area is 100 Å². The topological polar surface area (TPSA) is 68.2 Å². The Bertz CT molecular complexity index is 476. The number of nitrogens with two attached hydrogens (primary N) is 1. The minimum absolute atomic E-state index is 0.610. The van der Waals surface area contributed by atoms with Crippen molar-refractivity contribution in [2.24, 2.45) is 0 Å². The zero-order chi connectivity index (χ0) is 12.3. The van der Waals surface area contributed by atoms with Crippen molar-refractivity contribution in [1.82, 2.24) is 15.0 Å². The summed E-state index contributed by atoms with van der Waals surface area (Å²) in [5.74, 6) is 1.27. The molecule has 0 unspecified atom stereocenters. The molecule has 0 atom stereocenters. The van der Waals surface area contributed by atoms with Gasteiger partial charge in [0, 0.05) is 24.2 Å². The largest absolute Gasteiger partial charge is 0.399 e. The molecule has 90 valence electrons. The molecule has 17 heavy (non-hydrogen) atoms. The molecule has 2 N–H and O–H groups in total. The minimum Gasteiger partial charge on any atom is -0.399 e. The van der Waals surface area contributed by atoms with Crippen LogP contribution in [0.3, 0.4) is 0 Å². The van der Waals surface area contributed by atoms with Gasteiger partial charge < -0.3 is 15.2 Å². The van der Waals surface area contributed by atoms with Crippen LogP contribution in [0.1, 0.15) is 5.89 Å². The molecule has 0 radical (unpaired) electrons. The van der Waals surface area contributed by atoms with Crippen LogP contribution in [0.15, 0.2) is 28.8 Å². The van der Waals surface area contributed by atoms with Gasteiger partial charge in [-0.1, -0.05) is 5.16 Å². The van der Waals surface area contributed by atoms with Gasteiger partial charge in [0.15, 0.2) is 0 Å². The third kappa shape index (κ3) is 3.04. The summed E-state index contributed by atoms with van der Waals surface area (Å²) in [6.07, 6.45) is 0.759. The van der Waals surface area contributed by atoms with Gasteiger partial charge in [-0.05, 0) is 38.4 Å². The number of hydrogen-bond acceptors (Lipinski definition) is 5. The number of nitrogens with zero attached hydrogens (tertiary/aromatic N) is 3. The molecule has 0 amide bonds. The summed E-state index contributed by atoms with van der Waals surface area (Å²) >= 11 is 0. The van der Waals surface area contributed by atoms with Crippen LogP contribution in [0, 0.1) is 0 Å². The van der Waals surface area contributed by atoms with E-state index >= 15 is 0 Å². The highest BCUT2D eigenvalue weighted by molar-refractivity contribution is 5.57. The Morgan fingerprint density at radius 2 is 1.94 bits per heavy atom. The van der Waals surface area contributed by atoms with Crippen molar-refractivity contribution in [3.8, 4) is 11.4 Å². The molecule has 0 bridgehead atoms. The maximum absolute atomic E-state index is 5.62. The first kappa shape index (κ1) is 11.6. The van der Waals surface area contributed by atoms with E-state index in [0.29, 0.717) is 11.7 Å². The van der Waals surface area contributed by atoms with Gasteiger partial charge in [-0.3, -0.25) is 0 Å². The molecule has 2 rings (SSSR count). The van der Waals surface area contributed by atoms with Gasteiger partial charge in [0.2, 0.25) is 11.7 Å². The van der Waals surface area contributed by atoms with E-state index in [0.717, 1.165) is 24.2 Å². The fourth-order valence-electron chi connectivity index (χ4n) is 1.43. The van der Waals surface area contributed by atoms with Gasteiger partial charge in [-0.15, -0.1) is 0 Å². The van der Waals surface area contributed by atoms with E-state index in [9.17, 15) is 0 Å². The van der Waals surface area contributed by atoms with Gasteiger partial charge in [-0.25, -0.2) is 0 Å². The average Bonchev–Trinajstić information content (AvgIpc) is 2.76. The van der Waals surface area contributed by atoms with Gasteiger partial charge in [-0.2, -0.15) is 4.98 Å². The standard InChI is InChI=1S/C12H16N4O/c1-16(2)8-7-11-14-12(15-17-11)9-3-5-10(13)6-4-9/h3-6H,7-8,13H2,1-2H3. The fraction of sp³-hybridized carbons (Fsp3) is 0.333. The van der Waals surface area contributed by atoms with E-state index in [1.54, 1.807) is 0 Å². The highest BCUT2D eigenvalue weighted by Gasteiger charge is 2.08. The van der Waals surface area contributed by atoms with Crippen molar-refractivity contribution in [2.75, 3.05) is 26.4 Å². The first-order valence-corrected chi connectivity index (χ1v) is 5.48. The summed E-state index contributed by atoms with van der Waals surface area (Å²) in [6, 6.07) is 7.42. The number of rotatable bonds is 4. The summed E-state index contributed by atoms with van der Waals surface area (Å²) in [5, 5.41) is 3.95. The number of nitrogen functional groups attached to an aromatic ring is 1. The molecule has 2 aromatic rings. The number of likely N-dealkylation sites (N-methyl/N-ethyl adjacent to an activating group) is 1. The third-order valence-corrected chi connectivity index (χ3v) is 2.41. The zero-order valence-electron chi connectivity index (χ0n) is 10.1. The van der Waals surface area contributed by atoms with Gasteiger partial charge in [0.05, 0.1) is 0 Å². The Morgan fingerprint density at radius 1 is 1.24 bits per heavy atom. The lowest BCUT2D eigenvalue weighted by atomic mass is 10.2. The SMILES string of the molecule is CN(C)CCc1nc(-c2ccc(N)cc2)no1. The molecule has 1 aromatic carbocycles. The van der Waals surface area contributed by atoms with Gasteiger partial charge >= 0.3 is 0 Å². The number of hydrogen-bond donors (Lipinski definition) is 1. The highest BCUT2D eigenvalue weighted by Crippen LogP contribution is 2.17. The lowest BCUT2D eigenvalue weighted by molar-refractivity contribution is 0.344. The number of anilines is 1. The van der Waals surface area contributed by atoms with Crippen LogP contribution >= 0.6 is 0 Å². The fourth-order valence-corrected chi connectivity index (χ4v) is 1.43. The smallest absolute Gasteiger partial charge is 0.228 e. The summed E-state index contributed by atoms with van der Waals surface area (Å²) in [7, 11) is 4.02. The van der Waals surface area contributed by atoms with E-state index in [1.807, 2.05) is 38.4 Å². The predicted octanol–water partition coefficient (Wildman–Crippen LogP) is 1.42. The van der Waals surface area contributed by atoms with Crippen LogP contribution in [0.25, 0.3) is 11.4 Å². The summed E-state index contributed by atoms with van der Waals surface area (Å²) in [6.45, 7) is 0.892. The molecule has 0 fully saturated rings. The van der Waals surface area contributed by atoms with E-state index in [4.69, 9.17) is 10.3 Å². The van der Waals surface area contributed by atoms with Crippen LogP contribution in [-0.4, -0.2) is 35.7 Å². The van der Waals surface area contributed by atoms with Crippen LogP contribution in [-0.2, 0) is 6.42 Å². The van der Waals surface area contributed by atoms with E-state index in [1.165, 1.54) is 0 Å². The lowest BCUT2D eigenvalue weighted by Gasteiger charge is -2.05. The lowest BCUT2D eigenvalue weighted by Crippen LogP contribution is -2.15. The second-order valence-corrected chi connectivity index (χ2v) is 4.19. The predicted molar refractivity (Wildman–Crippen MR) is 66.4 cm³/mol. The molecule has 0 saturated carbocycles. The molecule has 0 aliphatic rings. The quantitative estimate of drug-likeness (QED) is 0.807. The molecule has 0 aliphatic carbocycles. The van der Waals surface area contributed by atoms with E-state index in [-0.39, 0.29) is 0 Å². The third-order valence-electron chi connectivity index (χ3n) is 2.41. The van der Waals surface area contributed by atoms with Gasteiger partial charge in [0.25, 0.3) is 0 Å². The minimum atomic E-state index is 0.610. The normalized spacial score (nSPS) is 11.0. The Kier molecular flexibility index (Phi) is 3.39. The molecule has 5 nitrogen and oxygen atoms in total. The Morgan fingerprint density at radius 3 is 2.59 bits per heavy atom. The monoisotopic (exact) mass is 232 g/mol. The average molecular weight is 232 g/mol. The molecule has 0 saturated heterocycles. The number of aromatic nitrogens is 2. The summed E-state index contributed by atoms with van der Waals surface area (Å²) < 4.78 is 5.18. The van der Waals surface area contributed by atoms with Crippen molar-refractivity contribution in [3.63, 3.8) is 0 Å². The summed E-state index contributed by atoms with van der Waals surface area (Å²) in [5.41, 5.74) is 7.26. The Hall–Kier alpha value is -1.88. The second kappa shape index (κ2) is 4.97. The highest BCUT2D eigenvalue weighted by atomic mass is 16.5. The van der Waals surface area contributed by atoms with Crippen molar-refractivity contribution < 1.29 is 4.52 Å². The van der Waals surface area contributed by atoms with Crippen molar-refractivity contribution >= 4 is 5.69 Å². The van der Waals surface area contributed by atoms with Crippen molar-refractivity contribution in [3.05, 3.63) is 30.2 Å². The van der Waals surface area contributed by atoms with Gasteiger partial charge in [0.1, 0.15) is 0 Å². The molecule has 0 spiro atoms. The summed E-state index contributed by atoms with van der Waals surface area (Å²) in [4.78, 5) is 6.41. The van der Waals surface area contributed by atoms with Crippen molar-refractivity contribution in [2.45, 2.75) is 6.42 Å². The molecular formula is C12H16N4O. The first-order chi connectivity index (χ1) is 8.15. The molecular weight excluding hydrogens is 216 g/mol. The zero-order valence-corrected chi connectivity index (χ0v) is 10.1. The maximum Gasteiger partial charge on any atom is 0.228 e. The molecule has 0 aliphatic heterocycles. The van der Waals surface area contributed by atoms with Crippen LogP contribution in [0.2, 0.25) is 0 Å². The molecule has 1 aromatic heterocycles. The maximum atomic E-state index is 5.62. The van der Waals surface area contributed by atoms with Crippen molar-refractivity contribution in [1.29, 1.82) is 0 Å². The second-order valence-electron chi connectivity index (χ2n) is 4.19. The first-order valence-electron chi connectivity index (χ1n) is 5.48. The van der Waals surface area contributed by atoms with Crippen LogP contribution in [0.4, 0.5) is 5.69 Å². The van der Waals surface area contributed by atoms with Crippen LogP contribution in [0.5, 0.6) is 0 Å². The molecule has 1 heterocycles. The van der Waals surface area contributed by atoms with E-state index in [2.05, 4.69) is 15.0 Å².